The summed E-state index contributed by atoms with van der Waals surface area (Å²) in [4.78, 5) is 7.13. The van der Waals surface area contributed by atoms with E-state index in [1.165, 1.54) is 18.4 Å². The zero-order valence-corrected chi connectivity index (χ0v) is 11.2. The molecule has 2 heterocycles. The number of nitrogens with zero attached hydrogens (tertiary/aromatic N) is 3. The first-order chi connectivity index (χ1) is 9.28. The van der Waals surface area contributed by atoms with Gasteiger partial charge in [-0.1, -0.05) is 12.1 Å². The van der Waals surface area contributed by atoms with Crippen molar-refractivity contribution in [2.75, 3.05) is 18.0 Å². The zero-order valence-electron chi connectivity index (χ0n) is 11.2. The summed E-state index contributed by atoms with van der Waals surface area (Å²) in [6, 6.07) is 10.7. The Labute approximate surface area is 113 Å². The van der Waals surface area contributed by atoms with E-state index in [9.17, 15) is 0 Å². The summed E-state index contributed by atoms with van der Waals surface area (Å²) in [6.45, 7) is 4.20. The number of aryl methyl sites for hydroxylation is 1. The number of fused-ring (bicyclic) bond motifs is 1. The minimum absolute atomic E-state index is 0.433. The van der Waals surface area contributed by atoms with Gasteiger partial charge in [0.05, 0.1) is 18.0 Å². The summed E-state index contributed by atoms with van der Waals surface area (Å²) < 4.78 is 0. The molecule has 3 nitrogen and oxygen atoms in total. The Balaban J connectivity index is 2.15. The molecule has 3 heteroatoms. The summed E-state index contributed by atoms with van der Waals surface area (Å²) in [5.41, 5.74) is 3.31. The van der Waals surface area contributed by atoms with Gasteiger partial charge in [0.15, 0.2) is 0 Å². The number of benzene rings is 1. The number of aromatic nitrogens is 1. The lowest BCUT2D eigenvalue weighted by Crippen LogP contribution is -2.20. The third-order valence-corrected chi connectivity index (χ3v) is 3.70. The highest BCUT2D eigenvalue weighted by Crippen LogP contribution is 2.27. The van der Waals surface area contributed by atoms with Crippen molar-refractivity contribution in [3.05, 3.63) is 35.4 Å². The maximum atomic E-state index is 9.01. The second-order valence-corrected chi connectivity index (χ2v) is 5.20. The van der Waals surface area contributed by atoms with E-state index in [-0.39, 0.29) is 0 Å². The molecule has 0 aliphatic carbocycles. The molecular formula is C16H17N3. The smallest absolute Gasteiger partial charge is 0.133 e. The highest BCUT2D eigenvalue weighted by Gasteiger charge is 2.17. The lowest BCUT2D eigenvalue weighted by molar-refractivity contribution is 0.929. The van der Waals surface area contributed by atoms with Crippen LogP contribution in [0.5, 0.6) is 0 Å². The molecule has 0 saturated carbocycles. The Bertz CT molecular complexity index is 649. The molecule has 19 heavy (non-hydrogen) atoms. The van der Waals surface area contributed by atoms with Crippen molar-refractivity contribution in [2.24, 2.45) is 0 Å². The average molecular weight is 251 g/mol. The van der Waals surface area contributed by atoms with Crippen LogP contribution < -0.4 is 4.90 Å². The van der Waals surface area contributed by atoms with Crippen molar-refractivity contribution in [1.29, 1.82) is 5.26 Å². The van der Waals surface area contributed by atoms with Gasteiger partial charge in [0.1, 0.15) is 5.82 Å². The fraction of sp³-hybridized carbons (Fsp3) is 0.375. The summed E-state index contributed by atoms with van der Waals surface area (Å²) >= 11 is 0. The van der Waals surface area contributed by atoms with E-state index in [0.29, 0.717) is 6.42 Å². The third kappa shape index (κ3) is 2.26. The number of nitriles is 1. The van der Waals surface area contributed by atoms with Crippen molar-refractivity contribution in [3.63, 3.8) is 0 Å². The van der Waals surface area contributed by atoms with Gasteiger partial charge in [0.2, 0.25) is 0 Å². The standard InChI is InChI=1S/C16H17N3/c1-12-4-5-13-11-14(6-7-17)16(18-15(13)10-12)19-8-2-3-9-19/h4-5,10-11H,2-3,6,8-9H2,1H3. The van der Waals surface area contributed by atoms with E-state index < -0.39 is 0 Å². The van der Waals surface area contributed by atoms with Crippen molar-refractivity contribution < 1.29 is 0 Å². The van der Waals surface area contributed by atoms with Gasteiger partial charge in [-0.3, -0.25) is 0 Å². The summed E-state index contributed by atoms with van der Waals surface area (Å²) in [7, 11) is 0. The van der Waals surface area contributed by atoms with E-state index in [1.54, 1.807) is 0 Å². The Morgan fingerprint density at radius 3 is 2.79 bits per heavy atom. The van der Waals surface area contributed by atoms with E-state index in [1.807, 2.05) is 0 Å². The van der Waals surface area contributed by atoms with Crippen molar-refractivity contribution in [1.82, 2.24) is 4.98 Å². The Kier molecular flexibility index (Phi) is 3.08. The zero-order chi connectivity index (χ0) is 13.2. The molecule has 1 aromatic carbocycles. The molecule has 1 fully saturated rings. The Morgan fingerprint density at radius 2 is 2.05 bits per heavy atom. The molecule has 1 aromatic heterocycles. The number of hydrogen-bond acceptors (Lipinski definition) is 3. The highest BCUT2D eigenvalue weighted by atomic mass is 15.2. The SMILES string of the molecule is Cc1ccc2cc(CC#N)c(N3CCCC3)nc2c1. The summed E-state index contributed by atoms with van der Waals surface area (Å²) in [6.07, 6.45) is 2.88. The molecule has 0 unspecified atom stereocenters. The van der Waals surface area contributed by atoms with Gasteiger partial charge in [-0.05, 0) is 37.5 Å². The number of hydrogen-bond donors (Lipinski definition) is 0. The fourth-order valence-corrected chi connectivity index (χ4v) is 2.73. The second kappa shape index (κ2) is 4.89. The fourth-order valence-electron chi connectivity index (χ4n) is 2.73. The van der Waals surface area contributed by atoms with Crippen molar-refractivity contribution >= 4 is 16.7 Å². The molecule has 96 valence electrons. The van der Waals surface area contributed by atoms with E-state index in [4.69, 9.17) is 10.2 Å². The molecule has 0 N–H and O–H groups in total. The molecule has 1 aliphatic rings. The quantitative estimate of drug-likeness (QED) is 0.822. The second-order valence-electron chi connectivity index (χ2n) is 5.20. The van der Waals surface area contributed by atoms with Crippen LogP contribution in [0, 0.1) is 18.3 Å². The maximum absolute atomic E-state index is 9.01. The maximum Gasteiger partial charge on any atom is 0.133 e. The topological polar surface area (TPSA) is 39.9 Å². The van der Waals surface area contributed by atoms with Crippen LogP contribution in [0.25, 0.3) is 10.9 Å². The number of anilines is 1. The van der Waals surface area contributed by atoms with Crippen LogP contribution in [0.3, 0.4) is 0 Å². The first kappa shape index (κ1) is 12.0. The predicted molar refractivity (Wildman–Crippen MR) is 77.2 cm³/mol. The molecule has 0 bridgehead atoms. The van der Waals surface area contributed by atoms with Gasteiger partial charge in [0.25, 0.3) is 0 Å². The minimum Gasteiger partial charge on any atom is -0.356 e. The van der Waals surface area contributed by atoms with Crippen molar-refractivity contribution in [2.45, 2.75) is 26.2 Å². The Hall–Kier alpha value is -2.08. The van der Waals surface area contributed by atoms with E-state index >= 15 is 0 Å². The number of pyridine rings is 1. The van der Waals surface area contributed by atoms with E-state index in [2.05, 4.69) is 42.2 Å². The number of rotatable bonds is 2. The monoisotopic (exact) mass is 251 g/mol. The molecule has 3 rings (SSSR count). The molecule has 1 saturated heterocycles. The van der Waals surface area contributed by atoms with Crippen LogP contribution in [0.1, 0.15) is 24.0 Å². The molecule has 0 atom stereocenters. The molecular weight excluding hydrogens is 234 g/mol. The van der Waals surface area contributed by atoms with E-state index in [0.717, 1.165) is 35.4 Å². The van der Waals surface area contributed by atoms with Gasteiger partial charge >= 0.3 is 0 Å². The van der Waals surface area contributed by atoms with Gasteiger partial charge in [-0.2, -0.15) is 5.26 Å². The lowest BCUT2D eigenvalue weighted by atomic mass is 10.1. The van der Waals surface area contributed by atoms with Crippen LogP contribution in [0.2, 0.25) is 0 Å². The molecule has 0 spiro atoms. The van der Waals surface area contributed by atoms with Gasteiger partial charge in [0, 0.05) is 24.0 Å². The van der Waals surface area contributed by atoms with Gasteiger partial charge < -0.3 is 4.90 Å². The predicted octanol–water partition coefficient (Wildman–Crippen LogP) is 3.21. The van der Waals surface area contributed by atoms with Gasteiger partial charge in [-0.15, -0.1) is 0 Å². The molecule has 1 aliphatic heterocycles. The molecule has 0 radical (unpaired) electrons. The highest BCUT2D eigenvalue weighted by molar-refractivity contribution is 5.82. The van der Waals surface area contributed by atoms with Crippen molar-refractivity contribution in [3.8, 4) is 6.07 Å². The first-order valence-corrected chi connectivity index (χ1v) is 6.80. The summed E-state index contributed by atoms with van der Waals surface area (Å²) in [5.74, 6) is 1.01. The van der Waals surface area contributed by atoms with Crippen LogP contribution in [0.15, 0.2) is 24.3 Å². The summed E-state index contributed by atoms with van der Waals surface area (Å²) in [5, 5.41) is 10.1. The molecule has 0 amide bonds. The van der Waals surface area contributed by atoms with Crippen LogP contribution in [-0.4, -0.2) is 18.1 Å². The largest absolute Gasteiger partial charge is 0.356 e. The Morgan fingerprint density at radius 1 is 1.26 bits per heavy atom. The normalized spacial score (nSPS) is 14.8. The first-order valence-electron chi connectivity index (χ1n) is 6.80. The van der Waals surface area contributed by atoms with Crippen LogP contribution in [-0.2, 0) is 6.42 Å². The van der Waals surface area contributed by atoms with Crippen LogP contribution >= 0.6 is 0 Å². The minimum atomic E-state index is 0.433. The average Bonchev–Trinajstić information content (AvgIpc) is 2.92. The third-order valence-electron chi connectivity index (χ3n) is 3.70. The van der Waals surface area contributed by atoms with Gasteiger partial charge in [-0.25, -0.2) is 4.98 Å². The van der Waals surface area contributed by atoms with Crippen LogP contribution in [0.4, 0.5) is 5.82 Å². The molecule has 2 aromatic rings. The lowest BCUT2D eigenvalue weighted by Gasteiger charge is -2.20.